The second kappa shape index (κ2) is 6.78. The number of rotatable bonds is 5. The maximum absolute atomic E-state index is 11.6. The first kappa shape index (κ1) is 16.6. The van der Waals surface area contributed by atoms with Crippen LogP contribution < -0.4 is 0 Å². The molecule has 0 aromatic heterocycles. The summed E-state index contributed by atoms with van der Waals surface area (Å²) >= 11 is 0. The molecule has 3 heteroatoms. The van der Waals surface area contributed by atoms with Crippen molar-refractivity contribution in [3.8, 4) is 0 Å². The quantitative estimate of drug-likeness (QED) is 0.894. The predicted molar refractivity (Wildman–Crippen MR) is 95.8 cm³/mol. The van der Waals surface area contributed by atoms with Gasteiger partial charge in [-0.1, -0.05) is 43.2 Å². The second-order valence-electron chi connectivity index (χ2n) is 8.16. The van der Waals surface area contributed by atoms with E-state index >= 15 is 0 Å². The van der Waals surface area contributed by atoms with E-state index in [1.54, 1.807) is 0 Å². The monoisotopic (exact) mass is 329 g/mol. The molecule has 2 heterocycles. The molecule has 1 aromatic carbocycles. The summed E-state index contributed by atoms with van der Waals surface area (Å²) in [5.74, 6) is 0.331. The van der Waals surface area contributed by atoms with E-state index < -0.39 is 5.60 Å². The number of nitrogens with zero attached hydrogens (tertiary/aromatic N) is 1. The Morgan fingerprint density at radius 1 is 1.04 bits per heavy atom. The van der Waals surface area contributed by atoms with Crippen molar-refractivity contribution in [1.29, 1.82) is 0 Å². The minimum absolute atomic E-state index is 0.283. The summed E-state index contributed by atoms with van der Waals surface area (Å²) in [4.78, 5) is 2.52. The third-order valence-corrected chi connectivity index (χ3v) is 6.93. The lowest BCUT2D eigenvalue weighted by molar-refractivity contribution is -0.129. The Morgan fingerprint density at radius 3 is 2.50 bits per heavy atom. The second-order valence-corrected chi connectivity index (χ2v) is 8.16. The molecular formula is C21H31NO2. The number of ether oxygens (including phenoxy) is 1. The lowest BCUT2D eigenvalue weighted by Crippen LogP contribution is -2.48. The molecule has 24 heavy (non-hydrogen) atoms. The smallest absolute Gasteiger partial charge is 0.116 e. The molecular weight excluding hydrogens is 298 g/mol. The number of piperidine rings is 1. The molecule has 3 nitrogen and oxygen atoms in total. The Kier molecular flexibility index (Phi) is 4.68. The molecule has 132 valence electrons. The summed E-state index contributed by atoms with van der Waals surface area (Å²) in [6.07, 6.45) is 9.93. The van der Waals surface area contributed by atoms with Gasteiger partial charge in [0.05, 0.1) is 12.7 Å². The van der Waals surface area contributed by atoms with Crippen molar-refractivity contribution in [3.05, 3.63) is 35.9 Å². The van der Waals surface area contributed by atoms with Crippen LogP contribution in [0.4, 0.5) is 0 Å². The van der Waals surface area contributed by atoms with E-state index in [2.05, 4.69) is 24.1 Å². The number of aliphatic hydroxyl groups is 1. The van der Waals surface area contributed by atoms with Crippen LogP contribution in [-0.2, 0) is 10.3 Å². The molecule has 1 aliphatic carbocycles. The van der Waals surface area contributed by atoms with E-state index in [1.165, 1.54) is 32.1 Å². The van der Waals surface area contributed by atoms with Crippen LogP contribution in [0.1, 0.15) is 56.9 Å². The van der Waals surface area contributed by atoms with Gasteiger partial charge in [-0.15, -0.1) is 0 Å². The molecule has 0 radical (unpaired) electrons. The fourth-order valence-electron chi connectivity index (χ4n) is 5.38. The summed E-state index contributed by atoms with van der Waals surface area (Å²) in [7, 11) is 2.25. The average Bonchev–Trinajstić information content (AvgIpc) is 3.22. The summed E-state index contributed by atoms with van der Waals surface area (Å²) in [6.45, 7) is 0.446. The van der Waals surface area contributed by atoms with Gasteiger partial charge < -0.3 is 9.84 Å². The zero-order valence-electron chi connectivity index (χ0n) is 14.9. The van der Waals surface area contributed by atoms with E-state index in [4.69, 9.17) is 4.74 Å². The van der Waals surface area contributed by atoms with Crippen molar-refractivity contribution in [2.45, 2.75) is 75.2 Å². The van der Waals surface area contributed by atoms with Gasteiger partial charge in [0.25, 0.3) is 0 Å². The van der Waals surface area contributed by atoms with Gasteiger partial charge in [0.1, 0.15) is 5.60 Å². The molecule has 4 atom stereocenters. The largest absolute Gasteiger partial charge is 0.382 e. The van der Waals surface area contributed by atoms with Crippen molar-refractivity contribution in [3.63, 3.8) is 0 Å². The number of benzene rings is 1. The van der Waals surface area contributed by atoms with E-state index in [0.29, 0.717) is 18.6 Å². The summed E-state index contributed by atoms with van der Waals surface area (Å²) < 4.78 is 6.42. The van der Waals surface area contributed by atoms with E-state index in [-0.39, 0.29) is 6.10 Å². The van der Waals surface area contributed by atoms with Crippen LogP contribution in [0.5, 0.6) is 0 Å². The van der Waals surface area contributed by atoms with Crippen molar-refractivity contribution >= 4 is 0 Å². The van der Waals surface area contributed by atoms with Crippen LogP contribution >= 0.6 is 0 Å². The summed E-state index contributed by atoms with van der Waals surface area (Å²) in [5.41, 5.74) is 0.205. The van der Waals surface area contributed by atoms with Gasteiger partial charge >= 0.3 is 0 Å². The standard InChI is InChI=1S/C21H31NO2/c1-22-18-11-13-19(22)20(14-12-18)24-15-21(23,17-9-5-6-10-17)16-7-3-2-4-8-16/h2-4,7-8,17-20,23H,5-6,9-15H2,1H3/t18-,19+,20+,21+/m1/s1. The fraction of sp³-hybridized carbons (Fsp3) is 0.714. The first-order valence-corrected chi connectivity index (χ1v) is 9.80. The zero-order valence-corrected chi connectivity index (χ0v) is 14.9. The van der Waals surface area contributed by atoms with Crippen LogP contribution in [0.25, 0.3) is 0 Å². The maximum Gasteiger partial charge on any atom is 0.116 e. The van der Waals surface area contributed by atoms with Gasteiger partial charge in [0.2, 0.25) is 0 Å². The first-order chi connectivity index (χ1) is 11.7. The number of likely N-dealkylation sites (N-methyl/N-ethyl adjacent to an activating group) is 1. The molecule has 0 unspecified atom stereocenters. The third kappa shape index (κ3) is 2.91. The van der Waals surface area contributed by atoms with Gasteiger partial charge in [-0.3, -0.25) is 4.90 Å². The van der Waals surface area contributed by atoms with Gasteiger partial charge in [-0.25, -0.2) is 0 Å². The molecule has 0 amide bonds. The molecule has 1 N–H and O–H groups in total. The molecule has 1 saturated carbocycles. The average molecular weight is 329 g/mol. The number of hydrogen-bond donors (Lipinski definition) is 1. The Morgan fingerprint density at radius 2 is 1.75 bits per heavy atom. The third-order valence-electron chi connectivity index (χ3n) is 6.93. The molecule has 4 rings (SSSR count). The fourth-order valence-corrected chi connectivity index (χ4v) is 5.38. The molecule has 1 aromatic rings. The summed E-state index contributed by atoms with van der Waals surface area (Å²) in [5, 5.41) is 11.6. The Balaban J connectivity index is 1.50. The highest BCUT2D eigenvalue weighted by Crippen LogP contribution is 2.42. The van der Waals surface area contributed by atoms with Crippen LogP contribution in [0.15, 0.2) is 30.3 Å². The molecule has 3 aliphatic rings. The molecule has 2 bridgehead atoms. The molecule has 0 spiro atoms. The normalized spacial score (nSPS) is 33.7. The lowest BCUT2D eigenvalue weighted by atomic mass is 9.80. The number of fused-ring (bicyclic) bond motifs is 2. The van der Waals surface area contributed by atoms with Crippen molar-refractivity contribution in [1.82, 2.24) is 4.90 Å². The topological polar surface area (TPSA) is 32.7 Å². The minimum Gasteiger partial charge on any atom is -0.382 e. The van der Waals surface area contributed by atoms with Gasteiger partial charge in [-0.2, -0.15) is 0 Å². The SMILES string of the molecule is CN1[C@H]2CC[C@H](OC[C@](O)(c3ccccc3)C3CCCC3)[C@@H]1CC2. The maximum atomic E-state index is 11.6. The van der Waals surface area contributed by atoms with E-state index in [1.807, 2.05) is 18.2 Å². The van der Waals surface area contributed by atoms with E-state index in [9.17, 15) is 5.11 Å². The first-order valence-electron chi connectivity index (χ1n) is 9.80. The van der Waals surface area contributed by atoms with Crippen molar-refractivity contribution in [2.75, 3.05) is 13.7 Å². The van der Waals surface area contributed by atoms with Gasteiger partial charge in [0.15, 0.2) is 0 Å². The van der Waals surface area contributed by atoms with Crippen LogP contribution in [0.3, 0.4) is 0 Å². The van der Waals surface area contributed by atoms with Crippen LogP contribution in [0.2, 0.25) is 0 Å². The zero-order chi connectivity index (χ0) is 16.6. The Bertz CT molecular complexity index is 542. The van der Waals surface area contributed by atoms with Crippen LogP contribution in [-0.4, -0.2) is 41.8 Å². The Labute approximate surface area is 146 Å². The lowest BCUT2D eigenvalue weighted by Gasteiger charge is -2.40. The minimum atomic E-state index is -0.828. The molecule has 2 aliphatic heterocycles. The highest BCUT2D eigenvalue weighted by molar-refractivity contribution is 5.24. The van der Waals surface area contributed by atoms with Crippen molar-refractivity contribution in [2.24, 2.45) is 5.92 Å². The molecule has 2 saturated heterocycles. The Hall–Kier alpha value is -0.900. The molecule has 3 fully saturated rings. The highest BCUT2D eigenvalue weighted by Gasteiger charge is 2.44. The van der Waals surface area contributed by atoms with Crippen LogP contribution in [0, 0.1) is 5.92 Å². The number of hydrogen-bond acceptors (Lipinski definition) is 3. The van der Waals surface area contributed by atoms with Gasteiger partial charge in [0, 0.05) is 12.1 Å². The van der Waals surface area contributed by atoms with Crippen molar-refractivity contribution < 1.29 is 9.84 Å². The highest BCUT2D eigenvalue weighted by atomic mass is 16.5. The van der Waals surface area contributed by atoms with E-state index in [0.717, 1.165) is 30.9 Å². The predicted octanol–water partition coefficient (Wildman–Crippen LogP) is 3.71. The summed E-state index contributed by atoms with van der Waals surface area (Å²) in [6, 6.07) is 11.5. The van der Waals surface area contributed by atoms with Gasteiger partial charge in [-0.05, 0) is 57.1 Å².